The van der Waals surface area contributed by atoms with Gasteiger partial charge in [0.05, 0.1) is 18.3 Å². The Morgan fingerprint density at radius 2 is 2.19 bits per heavy atom. The molecule has 110 valence electrons. The van der Waals surface area contributed by atoms with E-state index >= 15 is 0 Å². The third-order valence-electron chi connectivity index (χ3n) is 2.99. The first-order valence-corrected chi connectivity index (χ1v) is 6.16. The largest absolute Gasteiger partial charge is 0.463 e. The van der Waals surface area contributed by atoms with Gasteiger partial charge in [0.2, 0.25) is 5.76 Å². The van der Waals surface area contributed by atoms with E-state index in [9.17, 15) is 14.9 Å². The van der Waals surface area contributed by atoms with Crippen LogP contribution in [0.1, 0.15) is 21.7 Å². The van der Waals surface area contributed by atoms with E-state index in [2.05, 4.69) is 10.1 Å². The molecule has 1 aromatic carbocycles. The lowest BCUT2D eigenvalue weighted by Gasteiger charge is -2.07. The van der Waals surface area contributed by atoms with Crippen LogP contribution >= 0.6 is 0 Å². The fraction of sp³-hybridized carbons (Fsp3) is 0.214. The van der Waals surface area contributed by atoms with Crippen molar-refractivity contribution in [2.75, 3.05) is 12.4 Å². The zero-order valence-electron chi connectivity index (χ0n) is 11.6. The number of aryl methyl sites for hydroxylation is 1. The molecule has 0 saturated heterocycles. The predicted molar refractivity (Wildman–Crippen MR) is 75.2 cm³/mol. The maximum absolute atomic E-state index is 11.5. The first-order chi connectivity index (χ1) is 10.0. The standard InChI is InChI=1S/C14H14N2O5/c1-9-7-11(3-4-12(9)16(18)19)15-8-10-5-6-21-13(10)14(17)20-2/h3-7,15H,8H2,1-2H3. The maximum Gasteiger partial charge on any atom is 0.374 e. The molecule has 0 fully saturated rings. The minimum atomic E-state index is -0.545. The lowest BCUT2D eigenvalue weighted by molar-refractivity contribution is -0.385. The molecular weight excluding hydrogens is 276 g/mol. The Morgan fingerprint density at radius 3 is 2.81 bits per heavy atom. The fourth-order valence-corrected chi connectivity index (χ4v) is 1.91. The number of nitro groups is 1. The van der Waals surface area contributed by atoms with Crippen molar-refractivity contribution in [3.63, 3.8) is 0 Å². The van der Waals surface area contributed by atoms with E-state index in [1.807, 2.05) is 0 Å². The number of hydrogen-bond donors (Lipinski definition) is 1. The number of rotatable bonds is 5. The zero-order chi connectivity index (χ0) is 15.4. The van der Waals surface area contributed by atoms with Crippen molar-refractivity contribution in [1.29, 1.82) is 0 Å². The number of esters is 1. The molecule has 0 unspecified atom stereocenters. The molecule has 7 heteroatoms. The molecule has 2 aromatic rings. The average Bonchev–Trinajstić information content (AvgIpc) is 2.92. The second-order valence-corrected chi connectivity index (χ2v) is 4.38. The van der Waals surface area contributed by atoms with Gasteiger partial charge in [0, 0.05) is 29.4 Å². The first-order valence-electron chi connectivity index (χ1n) is 6.16. The number of nitrogens with zero attached hydrogens (tertiary/aromatic N) is 1. The molecule has 1 heterocycles. The number of carbonyl (C=O) groups is 1. The molecule has 0 radical (unpaired) electrons. The Hall–Kier alpha value is -2.83. The molecule has 0 bridgehead atoms. The molecule has 0 amide bonds. The normalized spacial score (nSPS) is 10.2. The quantitative estimate of drug-likeness (QED) is 0.517. The van der Waals surface area contributed by atoms with Gasteiger partial charge in [0.25, 0.3) is 5.69 Å². The Morgan fingerprint density at radius 1 is 1.43 bits per heavy atom. The number of nitro benzene ring substituents is 1. The van der Waals surface area contributed by atoms with Crippen LogP contribution in [0.2, 0.25) is 0 Å². The summed E-state index contributed by atoms with van der Waals surface area (Å²) in [5, 5.41) is 13.8. The molecule has 7 nitrogen and oxygen atoms in total. The van der Waals surface area contributed by atoms with Gasteiger partial charge in [0.1, 0.15) is 0 Å². The summed E-state index contributed by atoms with van der Waals surface area (Å²) in [4.78, 5) is 21.8. The van der Waals surface area contributed by atoms with Crippen molar-refractivity contribution >= 4 is 17.3 Å². The lowest BCUT2D eigenvalue weighted by Crippen LogP contribution is -2.07. The van der Waals surface area contributed by atoms with Gasteiger partial charge in [-0.2, -0.15) is 0 Å². The fourth-order valence-electron chi connectivity index (χ4n) is 1.91. The third-order valence-corrected chi connectivity index (χ3v) is 2.99. The van der Waals surface area contributed by atoms with E-state index in [-0.39, 0.29) is 11.4 Å². The zero-order valence-corrected chi connectivity index (χ0v) is 11.6. The van der Waals surface area contributed by atoms with Crippen molar-refractivity contribution in [2.24, 2.45) is 0 Å². The van der Waals surface area contributed by atoms with Crippen LogP contribution in [0.3, 0.4) is 0 Å². The van der Waals surface area contributed by atoms with Gasteiger partial charge >= 0.3 is 5.97 Å². The van der Waals surface area contributed by atoms with Crippen LogP contribution in [0.4, 0.5) is 11.4 Å². The van der Waals surface area contributed by atoms with Crippen molar-refractivity contribution in [1.82, 2.24) is 0 Å². The molecule has 1 aromatic heterocycles. The highest BCUT2D eigenvalue weighted by molar-refractivity contribution is 5.87. The van der Waals surface area contributed by atoms with Crippen molar-refractivity contribution in [2.45, 2.75) is 13.5 Å². The van der Waals surface area contributed by atoms with E-state index in [4.69, 9.17) is 4.42 Å². The van der Waals surface area contributed by atoms with Gasteiger partial charge in [-0.05, 0) is 25.1 Å². The second kappa shape index (κ2) is 6.08. The number of benzene rings is 1. The minimum absolute atomic E-state index is 0.0686. The van der Waals surface area contributed by atoms with Crippen LogP contribution in [0, 0.1) is 17.0 Å². The summed E-state index contributed by atoms with van der Waals surface area (Å²) >= 11 is 0. The number of anilines is 1. The molecule has 0 saturated carbocycles. The molecular formula is C14H14N2O5. The monoisotopic (exact) mass is 290 g/mol. The summed E-state index contributed by atoms with van der Waals surface area (Å²) in [6, 6.07) is 6.39. The number of nitrogens with one attached hydrogen (secondary N) is 1. The van der Waals surface area contributed by atoms with E-state index in [1.54, 1.807) is 25.1 Å². The first kappa shape index (κ1) is 14.6. The highest BCUT2D eigenvalue weighted by Crippen LogP contribution is 2.22. The molecule has 0 atom stereocenters. The van der Waals surface area contributed by atoms with Gasteiger partial charge in [-0.25, -0.2) is 4.79 Å². The van der Waals surface area contributed by atoms with Crippen molar-refractivity contribution < 1.29 is 18.9 Å². The predicted octanol–water partition coefficient (Wildman–Crippen LogP) is 2.89. The maximum atomic E-state index is 11.5. The second-order valence-electron chi connectivity index (χ2n) is 4.38. The minimum Gasteiger partial charge on any atom is -0.463 e. The number of methoxy groups -OCH3 is 1. The molecule has 0 aliphatic heterocycles. The summed E-state index contributed by atoms with van der Waals surface area (Å²) in [5.74, 6) is -0.402. The van der Waals surface area contributed by atoms with Gasteiger partial charge in [-0.15, -0.1) is 0 Å². The van der Waals surface area contributed by atoms with Crippen LogP contribution in [0.15, 0.2) is 34.9 Å². The van der Waals surface area contributed by atoms with Crippen LogP contribution in [-0.2, 0) is 11.3 Å². The Balaban J connectivity index is 2.10. The summed E-state index contributed by atoms with van der Waals surface area (Å²) in [7, 11) is 1.28. The van der Waals surface area contributed by atoms with Crippen molar-refractivity contribution in [3.05, 3.63) is 57.5 Å². The molecule has 21 heavy (non-hydrogen) atoms. The summed E-state index contributed by atoms with van der Waals surface area (Å²) in [6.45, 7) is 2.01. The van der Waals surface area contributed by atoms with Crippen LogP contribution in [-0.4, -0.2) is 18.0 Å². The molecule has 0 aliphatic rings. The Labute approximate surface area is 120 Å². The van der Waals surface area contributed by atoms with Gasteiger partial charge in [0.15, 0.2) is 0 Å². The van der Waals surface area contributed by atoms with Crippen molar-refractivity contribution in [3.8, 4) is 0 Å². The van der Waals surface area contributed by atoms with E-state index in [0.29, 0.717) is 17.7 Å². The topological polar surface area (TPSA) is 94.6 Å². The molecule has 2 rings (SSSR count). The number of ether oxygens (including phenoxy) is 1. The Bertz CT molecular complexity index is 678. The van der Waals surface area contributed by atoms with Gasteiger partial charge in [-0.3, -0.25) is 10.1 Å². The highest BCUT2D eigenvalue weighted by atomic mass is 16.6. The number of hydrogen-bond acceptors (Lipinski definition) is 6. The van der Waals surface area contributed by atoms with E-state index in [0.717, 1.165) is 5.69 Å². The van der Waals surface area contributed by atoms with E-state index < -0.39 is 10.9 Å². The van der Waals surface area contributed by atoms with Crippen LogP contribution in [0.25, 0.3) is 0 Å². The van der Waals surface area contributed by atoms with Crippen LogP contribution in [0.5, 0.6) is 0 Å². The highest BCUT2D eigenvalue weighted by Gasteiger charge is 2.16. The third kappa shape index (κ3) is 3.19. The molecule has 1 N–H and O–H groups in total. The van der Waals surface area contributed by atoms with Gasteiger partial charge in [-0.1, -0.05) is 0 Å². The molecule has 0 spiro atoms. The van der Waals surface area contributed by atoms with E-state index in [1.165, 1.54) is 19.4 Å². The summed E-state index contributed by atoms with van der Waals surface area (Å²) in [5.41, 5.74) is 2.00. The molecule has 0 aliphatic carbocycles. The summed E-state index contributed by atoms with van der Waals surface area (Å²) < 4.78 is 9.69. The SMILES string of the molecule is COC(=O)c1occc1CNc1ccc([N+](=O)[O-])c(C)c1. The van der Waals surface area contributed by atoms with Crippen LogP contribution < -0.4 is 5.32 Å². The summed E-state index contributed by atoms with van der Waals surface area (Å²) in [6.07, 6.45) is 1.41. The van der Waals surface area contributed by atoms with Gasteiger partial charge < -0.3 is 14.5 Å². The number of furan rings is 1. The average molecular weight is 290 g/mol. The Kier molecular flexibility index (Phi) is 4.22. The smallest absolute Gasteiger partial charge is 0.374 e. The lowest BCUT2D eigenvalue weighted by atomic mass is 10.1. The number of carbonyl (C=O) groups excluding carboxylic acids is 1.